The number of carbonyl (C=O) groups is 2. The summed E-state index contributed by atoms with van der Waals surface area (Å²) in [5.74, 6) is -0.931. The minimum Gasteiger partial charge on any atom is -0.478 e. The number of benzene rings is 2. The molecule has 0 saturated heterocycles. The molecule has 0 unspecified atom stereocenters. The first kappa shape index (κ1) is 16.4. The van der Waals surface area contributed by atoms with E-state index in [9.17, 15) is 14.7 Å². The van der Waals surface area contributed by atoms with Crippen molar-refractivity contribution >= 4 is 17.6 Å². The molecule has 2 aromatic rings. The average molecular weight is 349 g/mol. The second-order valence-corrected chi connectivity index (χ2v) is 6.66. The molecule has 4 rings (SSSR count). The van der Waals surface area contributed by atoms with E-state index in [1.54, 1.807) is 18.2 Å². The minimum atomic E-state index is -0.920. The van der Waals surface area contributed by atoms with Crippen LogP contribution < -0.4 is 5.32 Å². The number of hydrogen-bond donors (Lipinski definition) is 2. The first-order chi connectivity index (χ1) is 12.6. The van der Waals surface area contributed by atoms with Crippen LogP contribution in [0, 0.1) is 5.92 Å². The van der Waals surface area contributed by atoms with Gasteiger partial charge in [-0.05, 0) is 47.7 Å². The van der Waals surface area contributed by atoms with Crippen molar-refractivity contribution in [2.24, 2.45) is 5.92 Å². The number of ether oxygens (including phenoxy) is 1. The van der Waals surface area contributed by atoms with E-state index in [-0.39, 0.29) is 23.8 Å². The summed E-state index contributed by atoms with van der Waals surface area (Å²) in [5, 5.41) is 13.1. The summed E-state index contributed by atoms with van der Waals surface area (Å²) in [6.07, 6.45) is 5.15. The molecule has 0 spiro atoms. The lowest BCUT2D eigenvalue weighted by molar-refractivity contribution is 0.0599. The number of fused-ring (bicyclic) bond motifs is 3. The molecule has 0 aromatic heterocycles. The van der Waals surface area contributed by atoms with Gasteiger partial charge in [-0.15, -0.1) is 0 Å². The molecule has 5 heteroatoms. The second kappa shape index (κ2) is 6.33. The maximum Gasteiger partial charge on any atom is 0.337 e. The number of rotatable bonds is 3. The molecule has 5 nitrogen and oxygen atoms in total. The molecule has 26 heavy (non-hydrogen) atoms. The number of hydrogen-bond acceptors (Lipinski definition) is 4. The zero-order chi connectivity index (χ0) is 18.3. The fourth-order valence-electron chi connectivity index (χ4n) is 4.11. The highest BCUT2D eigenvalue weighted by atomic mass is 16.5. The fourth-order valence-corrected chi connectivity index (χ4v) is 4.11. The predicted octanol–water partition coefficient (Wildman–Crippen LogP) is 4.00. The van der Waals surface area contributed by atoms with Crippen molar-refractivity contribution < 1.29 is 19.4 Å². The van der Waals surface area contributed by atoms with Gasteiger partial charge in [0, 0.05) is 11.6 Å². The van der Waals surface area contributed by atoms with Crippen molar-refractivity contribution in [3.05, 3.63) is 76.9 Å². The molecule has 132 valence electrons. The summed E-state index contributed by atoms with van der Waals surface area (Å²) < 4.78 is 4.83. The Morgan fingerprint density at radius 1 is 1.15 bits per heavy atom. The highest BCUT2D eigenvalue weighted by Crippen LogP contribution is 2.50. The Morgan fingerprint density at radius 2 is 1.96 bits per heavy atom. The Morgan fingerprint density at radius 3 is 2.73 bits per heavy atom. The molecule has 3 atom stereocenters. The molecular formula is C21H19NO4. The van der Waals surface area contributed by atoms with Crippen LogP contribution in [-0.4, -0.2) is 24.2 Å². The number of carboxylic acid groups (broad SMARTS) is 1. The van der Waals surface area contributed by atoms with Crippen molar-refractivity contribution in [1.29, 1.82) is 0 Å². The average Bonchev–Trinajstić information content (AvgIpc) is 3.16. The van der Waals surface area contributed by atoms with Crippen LogP contribution in [0.3, 0.4) is 0 Å². The normalized spacial score (nSPS) is 22.9. The van der Waals surface area contributed by atoms with Crippen LogP contribution in [0.25, 0.3) is 0 Å². The van der Waals surface area contributed by atoms with Crippen LogP contribution in [-0.2, 0) is 4.74 Å². The molecule has 0 radical (unpaired) electrons. The first-order valence-corrected chi connectivity index (χ1v) is 8.58. The van der Waals surface area contributed by atoms with Gasteiger partial charge < -0.3 is 15.2 Å². The number of methoxy groups -OCH3 is 1. The lowest BCUT2D eigenvalue weighted by Gasteiger charge is -2.38. The van der Waals surface area contributed by atoms with Gasteiger partial charge in [0.25, 0.3) is 0 Å². The molecule has 2 N–H and O–H groups in total. The number of carbonyl (C=O) groups excluding carboxylic acids is 1. The van der Waals surface area contributed by atoms with Crippen LogP contribution in [0.1, 0.15) is 50.2 Å². The molecule has 2 aliphatic rings. The van der Waals surface area contributed by atoms with Crippen LogP contribution in [0.2, 0.25) is 0 Å². The number of aromatic carboxylic acids is 1. The summed E-state index contributed by atoms with van der Waals surface area (Å²) >= 11 is 0. The van der Waals surface area contributed by atoms with E-state index < -0.39 is 5.97 Å². The molecule has 0 amide bonds. The topological polar surface area (TPSA) is 75.6 Å². The van der Waals surface area contributed by atoms with Gasteiger partial charge in [-0.3, -0.25) is 0 Å². The van der Waals surface area contributed by atoms with Crippen LogP contribution in [0.5, 0.6) is 0 Å². The Hall–Kier alpha value is -3.08. The molecule has 1 aliphatic heterocycles. The van der Waals surface area contributed by atoms with E-state index in [0.717, 1.165) is 23.2 Å². The SMILES string of the molecule is COC(=O)c1ccc2c(c1)[C@@H]1C=CC[C@H]1[C@H](c1ccccc1C(=O)O)N2. The van der Waals surface area contributed by atoms with E-state index in [0.29, 0.717) is 11.1 Å². The standard InChI is InChI=1S/C21H19NO4/c1-26-21(25)12-9-10-18-17(11-12)13-7-4-8-14(13)19(22-18)15-5-2-3-6-16(15)20(23)24/h2-7,9-11,13-14,19,22H,8H2,1H3,(H,23,24)/t13-,14-,19-/m1/s1. The van der Waals surface area contributed by atoms with Crippen LogP contribution >= 0.6 is 0 Å². The van der Waals surface area contributed by atoms with Gasteiger partial charge >= 0.3 is 11.9 Å². The summed E-state index contributed by atoms with van der Waals surface area (Å²) in [5.41, 5.74) is 3.62. The van der Waals surface area contributed by atoms with E-state index in [4.69, 9.17) is 4.74 Å². The zero-order valence-electron chi connectivity index (χ0n) is 14.3. The van der Waals surface area contributed by atoms with E-state index in [1.807, 2.05) is 24.3 Å². The van der Waals surface area contributed by atoms with Crippen molar-refractivity contribution in [2.45, 2.75) is 18.4 Å². The van der Waals surface area contributed by atoms with Gasteiger partial charge in [0.2, 0.25) is 0 Å². The third-order valence-corrected chi connectivity index (χ3v) is 5.31. The number of carboxylic acids is 1. The number of allylic oxidation sites excluding steroid dienone is 2. The van der Waals surface area contributed by atoms with Crippen molar-refractivity contribution in [2.75, 3.05) is 12.4 Å². The Bertz CT molecular complexity index is 918. The maximum absolute atomic E-state index is 11.9. The van der Waals surface area contributed by atoms with Gasteiger partial charge in [-0.25, -0.2) is 9.59 Å². The van der Waals surface area contributed by atoms with Gasteiger partial charge in [0.05, 0.1) is 24.3 Å². The Kier molecular flexibility index (Phi) is 3.99. The molecule has 1 aliphatic carbocycles. The smallest absolute Gasteiger partial charge is 0.337 e. The third kappa shape index (κ3) is 2.56. The summed E-state index contributed by atoms with van der Waals surface area (Å²) in [7, 11) is 1.37. The minimum absolute atomic E-state index is 0.0984. The largest absolute Gasteiger partial charge is 0.478 e. The van der Waals surface area contributed by atoms with Gasteiger partial charge in [-0.1, -0.05) is 30.4 Å². The first-order valence-electron chi connectivity index (χ1n) is 8.58. The molecule has 0 saturated carbocycles. The maximum atomic E-state index is 11.9. The van der Waals surface area contributed by atoms with Crippen molar-refractivity contribution in [3.63, 3.8) is 0 Å². The monoisotopic (exact) mass is 349 g/mol. The fraction of sp³-hybridized carbons (Fsp3) is 0.238. The summed E-state index contributed by atoms with van der Waals surface area (Å²) in [6, 6.07) is 12.5. The second-order valence-electron chi connectivity index (χ2n) is 6.66. The zero-order valence-corrected chi connectivity index (χ0v) is 14.3. The highest BCUT2D eigenvalue weighted by Gasteiger charge is 2.39. The predicted molar refractivity (Wildman–Crippen MR) is 97.5 cm³/mol. The van der Waals surface area contributed by atoms with Crippen molar-refractivity contribution in [1.82, 2.24) is 0 Å². The van der Waals surface area contributed by atoms with E-state index in [2.05, 4.69) is 17.5 Å². The van der Waals surface area contributed by atoms with Crippen LogP contribution in [0.15, 0.2) is 54.6 Å². The van der Waals surface area contributed by atoms with Gasteiger partial charge in [0.15, 0.2) is 0 Å². The molecule has 0 bridgehead atoms. The van der Waals surface area contributed by atoms with Gasteiger partial charge in [-0.2, -0.15) is 0 Å². The molecule has 2 aromatic carbocycles. The third-order valence-electron chi connectivity index (χ3n) is 5.31. The lowest BCUT2D eigenvalue weighted by atomic mass is 9.76. The van der Waals surface area contributed by atoms with E-state index in [1.165, 1.54) is 7.11 Å². The summed E-state index contributed by atoms with van der Waals surface area (Å²) in [4.78, 5) is 23.5. The number of anilines is 1. The molecule has 0 fully saturated rings. The molecule has 1 heterocycles. The van der Waals surface area contributed by atoms with E-state index >= 15 is 0 Å². The Labute approximate surface area is 151 Å². The Balaban J connectivity index is 1.79. The quantitative estimate of drug-likeness (QED) is 0.647. The lowest BCUT2D eigenvalue weighted by Crippen LogP contribution is -2.30. The highest BCUT2D eigenvalue weighted by molar-refractivity contribution is 5.91. The van der Waals surface area contributed by atoms with Crippen molar-refractivity contribution in [3.8, 4) is 0 Å². The number of esters is 1. The van der Waals surface area contributed by atoms with Crippen LogP contribution in [0.4, 0.5) is 5.69 Å². The van der Waals surface area contributed by atoms with Gasteiger partial charge in [0.1, 0.15) is 0 Å². The summed E-state index contributed by atoms with van der Waals surface area (Å²) in [6.45, 7) is 0. The molecular weight excluding hydrogens is 330 g/mol. The number of nitrogens with one attached hydrogen (secondary N) is 1.